The lowest BCUT2D eigenvalue weighted by molar-refractivity contribution is 0.356. The van der Waals surface area contributed by atoms with Crippen molar-refractivity contribution in [2.24, 2.45) is 0 Å². The fourth-order valence-corrected chi connectivity index (χ4v) is 2.33. The summed E-state index contributed by atoms with van der Waals surface area (Å²) < 4.78 is 10.6. The lowest BCUT2D eigenvalue weighted by Crippen LogP contribution is -1.95. The van der Waals surface area contributed by atoms with E-state index in [0.717, 1.165) is 10.9 Å². The molecule has 5 nitrogen and oxygen atoms in total. The molecule has 0 atom stereocenters. The van der Waals surface area contributed by atoms with E-state index in [2.05, 4.69) is 15.0 Å². The van der Waals surface area contributed by atoms with Crippen LogP contribution in [0.1, 0.15) is 0 Å². The van der Waals surface area contributed by atoms with Crippen LogP contribution in [0.25, 0.3) is 22.2 Å². The van der Waals surface area contributed by atoms with Gasteiger partial charge in [0.2, 0.25) is 5.28 Å². The Morgan fingerprint density at radius 2 is 1.81 bits per heavy atom. The summed E-state index contributed by atoms with van der Waals surface area (Å²) in [5.41, 5.74) is 2.25. The molecular weight excluding hydrogens is 290 g/mol. The first-order valence-electron chi connectivity index (χ1n) is 6.22. The molecule has 2 heterocycles. The van der Waals surface area contributed by atoms with Crippen LogP contribution in [0, 0.1) is 0 Å². The Balaban J connectivity index is 2.34. The third-order valence-electron chi connectivity index (χ3n) is 3.11. The quantitative estimate of drug-likeness (QED) is 0.694. The smallest absolute Gasteiger partial charge is 0.223 e. The maximum Gasteiger partial charge on any atom is 0.223 e. The maximum atomic E-state index is 6.03. The summed E-state index contributed by atoms with van der Waals surface area (Å²) in [5, 5.41) is 0.999. The van der Waals surface area contributed by atoms with Crippen molar-refractivity contribution < 1.29 is 9.47 Å². The van der Waals surface area contributed by atoms with Gasteiger partial charge in [-0.25, -0.2) is 9.97 Å². The molecule has 0 spiro atoms. The van der Waals surface area contributed by atoms with Crippen LogP contribution >= 0.6 is 11.6 Å². The summed E-state index contributed by atoms with van der Waals surface area (Å²) in [7, 11) is 3.17. The molecule has 0 fully saturated rings. The second-order valence-corrected chi connectivity index (χ2v) is 4.65. The van der Waals surface area contributed by atoms with E-state index in [9.17, 15) is 0 Å². The number of pyridine rings is 1. The number of ether oxygens (including phenoxy) is 2. The molecule has 1 aromatic carbocycles. The Hall–Kier alpha value is -2.40. The number of fused-ring (bicyclic) bond motifs is 1. The molecule has 2 aromatic heterocycles. The summed E-state index contributed by atoms with van der Waals surface area (Å²) in [6, 6.07) is 7.38. The topological polar surface area (TPSA) is 57.1 Å². The zero-order valence-electron chi connectivity index (χ0n) is 11.5. The van der Waals surface area contributed by atoms with E-state index in [1.807, 2.05) is 18.2 Å². The van der Waals surface area contributed by atoms with Crippen LogP contribution in [0.3, 0.4) is 0 Å². The van der Waals surface area contributed by atoms with Crippen molar-refractivity contribution in [3.05, 3.63) is 41.9 Å². The summed E-state index contributed by atoms with van der Waals surface area (Å²) >= 11 is 6.03. The van der Waals surface area contributed by atoms with Gasteiger partial charge in [0.15, 0.2) is 11.5 Å². The molecule has 0 saturated heterocycles. The highest BCUT2D eigenvalue weighted by molar-refractivity contribution is 6.28. The predicted octanol–water partition coefficient (Wildman–Crippen LogP) is 3.36. The van der Waals surface area contributed by atoms with Gasteiger partial charge in [0, 0.05) is 29.4 Å². The molecule has 3 aromatic rings. The van der Waals surface area contributed by atoms with Crippen LogP contribution < -0.4 is 9.47 Å². The zero-order chi connectivity index (χ0) is 14.8. The van der Waals surface area contributed by atoms with Gasteiger partial charge < -0.3 is 9.47 Å². The summed E-state index contributed by atoms with van der Waals surface area (Å²) in [4.78, 5) is 12.7. The lowest BCUT2D eigenvalue weighted by atomic mass is 10.1. The molecule has 0 bridgehead atoms. The third-order valence-corrected chi connectivity index (χ3v) is 3.28. The highest BCUT2D eigenvalue weighted by Crippen LogP contribution is 2.35. The molecular formula is C15H12ClN3O2. The molecule has 0 aliphatic heterocycles. The van der Waals surface area contributed by atoms with Gasteiger partial charge in [-0.1, -0.05) is 0 Å². The number of methoxy groups -OCH3 is 2. The minimum absolute atomic E-state index is 0.175. The highest BCUT2D eigenvalue weighted by atomic mass is 35.5. The Bertz CT molecular complexity index is 794. The van der Waals surface area contributed by atoms with Crippen molar-refractivity contribution in [3.8, 4) is 22.8 Å². The van der Waals surface area contributed by atoms with Gasteiger partial charge in [-0.3, -0.25) is 4.98 Å². The monoisotopic (exact) mass is 301 g/mol. The van der Waals surface area contributed by atoms with Crippen molar-refractivity contribution in [2.45, 2.75) is 0 Å². The highest BCUT2D eigenvalue weighted by Gasteiger charge is 2.13. The van der Waals surface area contributed by atoms with Crippen LogP contribution in [0.2, 0.25) is 5.28 Å². The van der Waals surface area contributed by atoms with Gasteiger partial charge in [-0.15, -0.1) is 0 Å². The molecule has 0 aliphatic rings. The van der Waals surface area contributed by atoms with Crippen molar-refractivity contribution >= 4 is 22.5 Å². The second-order valence-electron chi connectivity index (χ2n) is 4.31. The molecule has 0 radical (unpaired) electrons. The number of benzene rings is 1. The van der Waals surface area contributed by atoms with Crippen LogP contribution in [-0.2, 0) is 0 Å². The van der Waals surface area contributed by atoms with E-state index >= 15 is 0 Å². The zero-order valence-corrected chi connectivity index (χ0v) is 12.3. The Labute approximate surface area is 126 Å². The first kappa shape index (κ1) is 13.6. The van der Waals surface area contributed by atoms with Crippen molar-refractivity contribution in [1.82, 2.24) is 15.0 Å². The number of aromatic nitrogens is 3. The van der Waals surface area contributed by atoms with Crippen LogP contribution in [0.5, 0.6) is 11.5 Å². The first-order valence-corrected chi connectivity index (χ1v) is 6.60. The van der Waals surface area contributed by atoms with Gasteiger partial charge in [0.05, 0.1) is 25.4 Å². The largest absolute Gasteiger partial charge is 0.493 e. The second kappa shape index (κ2) is 5.54. The summed E-state index contributed by atoms with van der Waals surface area (Å²) in [5.74, 6) is 1.21. The molecule has 0 N–H and O–H groups in total. The number of halogens is 1. The molecule has 0 saturated carbocycles. The minimum atomic E-state index is 0.175. The van der Waals surface area contributed by atoms with E-state index in [4.69, 9.17) is 21.1 Å². The Morgan fingerprint density at radius 1 is 1.05 bits per heavy atom. The standard InChI is InChI=1S/C15H12ClN3O2/c1-20-12-6-10-11(7-13(12)21-2)18-15(16)19-14(10)9-4-3-5-17-8-9/h3-8H,1-2H3. The van der Waals surface area contributed by atoms with Crippen LogP contribution in [0.15, 0.2) is 36.7 Å². The third kappa shape index (κ3) is 2.48. The number of hydrogen-bond donors (Lipinski definition) is 0. The normalized spacial score (nSPS) is 10.6. The summed E-state index contributed by atoms with van der Waals surface area (Å²) in [6.07, 6.45) is 3.44. The Kier molecular flexibility index (Phi) is 3.58. The van der Waals surface area contributed by atoms with Crippen LogP contribution in [0.4, 0.5) is 0 Å². The molecule has 0 unspecified atom stereocenters. The molecule has 6 heteroatoms. The average Bonchev–Trinajstić information content (AvgIpc) is 2.53. The number of rotatable bonds is 3. The average molecular weight is 302 g/mol. The Morgan fingerprint density at radius 3 is 2.48 bits per heavy atom. The van der Waals surface area contributed by atoms with Crippen molar-refractivity contribution in [1.29, 1.82) is 0 Å². The number of nitrogens with zero attached hydrogens (tertiary/aromatic N) is 3. The van der Waals surface area contributed by atoms with E-state index in [1.54, 1.807) is 32.7 Å². The summed E-state index contributed by atoms with van der Waals surface area (Å²) in [6.45, 7) is 0. The SMILES string of the molecule is COc1cc2nc(Cl)nc(-c3cccnc3)c2cc1OC. The fourth-order valence-electron chi connectivity index (χ4n) is 2.15. The van der Waals surface area contributed by atoms with E-state index in [1.165, 1.54) is 0 Å². The van der Waals surface area contributed by atoms with Gasteiger partial charge in [0.25, 0.3) is 0 Å². The first-order chi connectivity index (χ1) is 10.2. The van der Waals surface area contributed by atoms with Crippen molar-refractivity contribution in [2.75, 3.05) is 14.2 Å². The van der Waals surface area contributed by atoms with Gasteiger partial charge in [-0.05, 0) is 29.8 Å². The van der Waals surface area contributed by atoms with Gasteiger partial charge >= 0.3 is 0 Å². The predicted molar refractivity (Wildman–Crippen MR) is 80.9 cm³/mol. The van der Waals surface area contributed by atoms with E-state index < -0.39 is 0 Å². The molecule has 21 heavy (non-hydrogen) atoms. The molecule has 0 aliphatic carbocycles. The molecule has 106 valence electrons. The van der Waals surface area contributed by atoms with Crippen molar-refractivity contribution in [3.63, 3.8) is 0 Å². The van der Waals surface area contributed by atoms with Gasteiger partial charge in [0.1, 0.15) is 0 Å². The fraction of sp³-hybridized carbons (Fsp3) is 0.133. The van der Waals surface area contributed by atoms with E-state index in [-0.39, 0.29) is 5.28 Å². The molecule has 0 amide bonds. The van der Waals surface area contributed by atoms with Crippen LogP contribution in [-0.4, -0.2) is 29.2 Å². The van der Waals surface area contributed by atoms with E-state index in [0.29, 0.717) is 22.7 Å². The lowest BCUT2D eigenvalue weighted by Gasteiger charge is -2.11. The maximum absolute atomic E-state index is 6.03. The number of hydrogen-bond acceptors (Lipinski definition) is 5. The molecule has 3 rings (SSSR count). The van der Waals surface area contributed by atoms with Gasteiger partial charge in [-0.2, -0.15) is 0 Å². The minimum Gasteiger partial charge on any atom is -0.493 e.